The molecule has 2 aromatic heterocycles. The predicted octanol–water partition coefficient (Wildman–Crippen LogP) is 4.24. The van der Waals surface area contributed by atoms with E-state index in [9.17, 15) is 4.79 Å². The van der Waals surface area contributed by atoms with Crippen molar-refractivity contribution in [2.75, 3.05) is 6.61 Å². The summed E-state index contributed by atoms with van der Waals surface area (Å²) in [5, 5.41) is 0. The Morgan fingerprint density at radius 1 is 0.958 bits per heavy atom. The van der Waals surface area contributed by atoms with E-state index in [1.54, 1.807) is 41.7 Å². The molecule has 0 saturated heterocycles. The summed E-state index contributed by atoms with van der Waals surface area (Å²) in [4.78, 5) is 14.2. The van der Waals surface area contributed by atoms with E-state index in [0.717, 1.165) is 4.47 Å². The maximum Gasteiger partial charge on any atom is 0.261 e. The van der Waals surface area contributed by atoms with Crippen molar-refractivity contribution < 1.29 is 18.4 Å². The van der Waals surface area contributed by atoms with Crippen molar-refractivity contribution in [3.63, 3.8) is 0 Å². The van der Waals surface area contributed by atoms with Crippen molar-refractivity contribution in [3.05, 3.63) is 77.1 Å². The molecule has 6 heteroatoms. The maximum absolute atomic E-state index is 12.5. The van der Waals surface area contributed by atoms with Gasteiger partial charge in [0.1, 0.15) is 17.3 Å². The van der Waals surface area contributed by atoms with Crippen LogP contribution < -0.4 is 4.74 Å². The molecule has 0 aliphatic heterocycles. The zero-order chi connectivity index (χ0) is 16.8. The zero-order valence-corrected chi connectivity index (χ0v) is 14.4. The van der Waals surface area contributed by atoms with E-state index in [-0.39, 0.29) is 12.5 Å². The molecule has 0 fully saturated rings. The van der Waals surface area contributed by atoms with Gasteiger partial charge >= 0.3 is 0 Å². The summed E-state index contributed by atoms with van der Waals surface area (Å²) in [6.45, 7) is 0.662. The van der Waals surface area contributed by atoms with E-state index in [0.29, 0.717) is 30.4 Å². The lowest BCUT2D eigenvalue weighted by Crippen LogP contribution is -2.33. The Kier molecular flexibility index (Phi) is 5.38. The summed E-state index contributed by atoms with van der Waals surface area (Å²) in [5.74, 6) is 1.91. The maximum atomic E-state index is 12.5. The van der Waals surface area contributed by atoms with Crippen LogP contribution in [0.2, 0.25) is 0 Å². The quantitative estimate of drug-likeness (QED) is 0.606. The number of carbonyl (C=O) groups is 1. The summed E-state index contributed by atoms with van der Waals surface area (Å²) >= 11 is 3.36. The number of hydrogen-bond donors (Lipinski definition) is 0. The number of hydrogen-bond acceptors (Lipinski definition) is 4. The first-order valence-corrected chi connectivity index (χ1v) is 8.21. The Bertz CT molecular complexity index is 715. The van der Waals surface area contributed by atoms with Crippen LogP contribution >= 0.6 is 15.9 Å². The van der Waals surface area contributed by atoms with Gasteiger partial charge in [-0.3, -0.25) is 4.79 Å². The number of carbonyl (C=O) groups excluding carboxylic acids is 1. The Balaban J connectivity index is 1.64. The van der Waals surface area contributed by atoms with Gasteiger partial charge in [0.05, 0.1) is 25.6 Å². The third kappa shape index (κ3) is 4.52. The van der Waals surface area contributed by atoms with Crippen LogP contribution in [0, 0.1) is 0 Å². The molecule has 0 aliphatic carbocycles. The van der Waals surface area contributed by atoms with Crippen LogP contribution in [0.25, 0.3) is 0 Å². The summed E-state index contributed by atoms with van der Waals surface area (Å²) in [5.41, 5.74) is 0. The number of rotatable bonds is 7. The lowest BCUT2D eigenvalue weighted by atomic mass is 10.3. The number of furan rings is 2. The third-order valence-corrected chi connectivity index (χ3v) is 3.91. The van der Waals surface area contributed by atoms with Crippen molar-refractivity contribution in [1.29, 1.82) is 0 Å². The van der Waals surface area contributed by atoms with Gasteiger partial charge in [0.25, 0.3) is 5.91 Å². The molecule has 3 aromatic rings. The standard InChI is InChI=1S/C18H16BrNO4/c19-14-5-7-15(8-6-14)24-13-18(21)20(11-16-3-1-9-22-16)12-17-4-2-10-23-17/h1-10H,11-13H2. The molecule has 0 bridgehead atoms. The number of amides is 1. The fourth-order valence-corrected chi connectivity index (χ4v) is 2.45. The second kappa shape index (κ2) is 7.88. The smallest absolute Gasteiger partial charge is 0.261 e. The minimum Gasteiger partial charge on any atom is -0.484 e. The van der Waals surface area contributed by atoms with Crippen LogP contribution in [0.4, 0.5) is 0 Å². The molecule has 124 valence electrons. The molecule has 24 heavy (non-hydrogen) atoms. The molecule has 2 heterocycles. The number of benzene rings is 1. The average Bonchev–Trinajstić information content (AvgIpc) is 3.27. The highest BCUT2D eigenvalue weighted by Crippen LogP contribution is 2.17. The SMILES string of the molecule is O=C(COc1ccc(Br)cc1)N(Cc1ccco1)Cc1ccco1. The minimum absolute atomic E-state index is 0.0525. The fourth-order valence-electron chi connectivity index (χ4n) is 2.18. The monoisotopic (exact) mass is 389 g/mol. The van der Waals surface area contributed by atoms with Crippen LogP contribution in [-0.2, 0) is 17.9 Å². The van der Waals surface area contributed by atoms with Gasteiger partial charge in [0.15, 0.2) is 6.61 Å². The molecule has 0 atom stereocenters. The van der Waals surface area contributed by atoms with Gasteiger partial charge in [-0.2, -0.15) is 0 Å². The van der Waals surface area contributed by atoms with Crippen molar-refractivity contribution >= 4 is 21.8 Å². The minimum atomic E-state index is -0.147. The van der Waals surface area contributed by atoms with E-state index < -0.39 is 0 Å². The fraction of sp³-hybridized carbons (Fsp3) is 0.167. The third-order valence-electron chi connectivity index (χ3n) is 3.38. The van der Waals surface area contributed by atoms with E-state index in [1.807, 2.05) is 24.3 Å². The first kappa shape index (κ1) is 16.4. The van der Waals surface area contributed by atoms with Gasteiger partial charge in [-0.15, -0.1) is 0 Å². The molecule has 0 radical (unpaired) electrons. The van der Waals surface area contributed by atoms with Gasteiger partial charge < -0.3 is 18.5 Å². The van der Waals surface area contributed by atoms with E-state index in [4.69, 9.17) is 13.6 Å². The van der Waals surface area contributed by atoms with Crippen LogP contribution in [0.5, 0.6) is 5.75 Å². The molecular formula is C18H16BrNO4. The molecule has 0 aliphatic rings. The van der Waals surface area contributed by atoms with Crippen LogP contribution in [0.15, 0.2) is 74.4 Å². The zero-order valence-electron chi connectivity index (χ0n) is 12.9. The number of halogens is 1. The van der Waals surface area contributed by atoms with Crippen molar-refractivity contribution in [3.8, 4) is 5.75 Å². The lowest BCUT2D eigenvalue weighted by molar-refractivity contribution is -0.135. The van der Waals surface area contributed by atoms with Crippen molar-refractivity contribution in [2.24, 2.45) is 0 Å². The highest BCUT2D eigenvalue weighted by molar-refractivity contribution is 9.10. The van der Waals surface area contributed by atoms with Crippen LogP contribution in [0.3, 0.4) is 0 Å². The van der Waals surface area contributed by atoms with Gasteiger partial charge in [-0.25, -0.2) is 0 Å². The summed E-state index contributed by atoms with van der Waals surface area (Å²) < 4.78 is 17.2. The van der Waals surface area contributed by atoms with Gasteiger partial charge in [0.2, 0.25) is 0 Å². The predicted molar refractivity (Wildman–Crippen MR) is 91.3 cm³/mol. The largest absolute Gasteiger partial charge is 0.484 e. The first-order valence-electron chi connectivity index (χ1n) is 7.41. The van der Waals surface area contributed by atoms with Crippen LogP contribution in [-0.4, -0.2) is 17.4 Å². The summed E-state index contributed by atoms with van der Waals surface area (Å²) in [6, 6.07) is 14.6. The molecule has 1 amide bonds. The average molecular weight is 390 g/mol. The molecule has 3 rings (SSSR count). The van der Waals surface area contributed by atoms with E-state index in [1.165, 1.54) is 0 Å². The topological polar surface area (TPSA) is 55.8 Å². The summed E-state index contributed by atoms with van der Waals surface area (Å²) in [6.07, 6.45) is 3.17. The Morgan fingerprint density at radius 3 is 2.04 bits per heavy atom. The highest BCUT2D eigenvalue weighted by atomic mass is 79.9. The molecule has 0 N–H and O–H groups in total. The van der Waals surface area contributed by atoms with Crippen LogP contribution in [0.1, 0.15) is 11.5 Å². The van der Waals surface area contributed by atoms with E-state index >= 15 is 0 Å². The van der Waals surface area contributed by atoms with Gasteiger partial charge in [-0.1, -0.05) is 15.9 Å². The normalized spacial score (nSPS) is 10.5. The molecular weight excluding hydrogens is 374 g/mol. The Hall–Kier alpha value is -2.47. The molecule has 0 saturated carbocycles. The lowest BCUT2D eigenvalue weighted by Gasteiger charge is -2.20. The Labute approximate surface area is 147 Å². The van der Waals surface area contributed by atoms with Gasteiger partial charge in [-0.05, 0) is 48.5 Å². The first-order chi connectivity index (χ1) is 11.7. The summed E-state index contributed by atoms with van der Waals surface area (Å²) in [7, 11) is 0. The molecule has 0 spiro atoms. The second-order valence-corrected chi connectivity index (χ2v) is 6.07. The van der Waals surface area contributed by atoms with Crippen molar-refractivity contribution in [2.45, 2.75) is 13.1 Å². The van der Waals surface area contributed by atoms with E-state index in [2.05, 4.69) is 15.9 Å². The molecule has 5 nitrogen and oxygen atoms in total. The van der Waals surface area contributed by atoms with Crippen molar-refractivity contribution in [1.82, 2.24) is 4.90 Å². The molecule has 0 unspecified atom stereocenters. The Morgan fingerprint density at radius 2 is 1.54 bits per heavy atom. The highest BCUT2D eigenvalue weighted by Gasteiger charge is 2.18. The molecule has 1 aromatic carbocycles. The van der Waals surface area contributed by atoms with Gasteiger partial charge in [0, 0.05) is 4.47 Å². The number of nitrogens with zero attached hydrogens (tertiary/aromatic N) is 1. The number of ether oxygens (including phenoxy) is 1. The second-order valence-electron chi connectivity index (χ2n) is 5.15.